The van der Waals surface area contributed by atoms with Gasteiger partial charge in [0.25, 0.3) is 0 Å². The quantitative estimate of drug-likeness (QED) is 0.458. The highest BCUT2D eigenvalue weighted by molar-refractivity contribution is 5.77. The largest absolute Gasteiger partial charge is 0.469 e. The molecule has 94 valence electrons. The van der Waals surface area contributed by atoms with E-state index in [2.05, 4.69) is 10.1 Å². The number of nitrogens with one attached hydrogen (secondary N) is 1. The lowest BCUT2D eigenvalue weighted by Crippen LogP contribution is -2.41. The van der Waals surface area contributed by atoms with E-state index in [1.165, 1.54) is 7.11 Å². The van der Waals surface area contributed by atoms with E-state index < -0.39 is 17.1 Å². The highest BCUT2D eigenvalue weighted by Gasteiger charge is 2.29. The molecule has 5 heteroatoms. The fourth-order valence-electron chi connectivity index (χ4n) is 0.956. The first-order chi connectivity index (χ1) is 7.08. The van der Waals surface area contributed by atoms with Gasteiger partial charge in [-0.15, -0.1) is 0 Å². The van der Waals surface area contributed by atoms with Crippen LogP contribution in [0.3, 0.4) is 0 Å². The molecular formula is C11H21NO4. The summed E-state index contributed by atoms with van der Waals surface area (Å²) in [5.41, 5.74) is -1.30. The Morgan fingerprint density at radius 3 is 2.00 bits per heavy atom. The fraction of sp³-hybridized carbons (Fsp3) is 0.818. The monoisotopic (exact) mass is 233 g/mol. The number of carbonyl (C=O) groups is 2. The van der Waals surface area contributed by atoms with Crippen molar-refractivity contribution in [3.05, 3.63) is 0 Å². The molecule has 0 saturated carbocycles. The molecule has 0 aliphatic rings. The molecule has 0 rings (SSSR count). The van der Waals surface area contributed by atoms with Crippen molar-refractivity contribution in [2.75, 3.05) is 13.7 Å². The summed E-state index contributed by atoms with van der Waals surface area (Å²) in [5, 5.41) is 2.53. The molecule has 0 aliphatic carbocycles. The third-order valence-electron chi connectivity index (χ3n) is 1.81. The zero-order valence-electron chi connectivity index (χ0n) is 10.8. The lowest BCUT2D eigenvalue weighted by molar-refractivity contribution is -0.150. The summed E-state index contributed by atoms with van der Waals surface area (Å²) in [6.07, 6.45) is -0.538. The molecule has 0 spiro atoms. The van der Waals surface area contributed by atoms with Gasteiger partial charge in [0, 0.05) is 6.54 Å². The first-order valence-electron chi connectivity index (χ1n) is 5.14. The number of carbonyl (C=O) groups excluding carboxylic acids is 2. The molecule has 0 saturated heterocycles. The standard InChI is InChI=1S/C11H21NO4/c1-10(2,3)16-9(14)12-7-11(4,5)8(13)15-6/h7H2,1-6H3,(H,12,14)/i7+1,12+1. The molecule has 0 aliphatic heterocycles. The van der Waals surface area contributed by atoms with Crippen LogP contribution < -0.4 is 5.32 Å². The van der Waals surface area contributed by atoms with Gasteiger partial charge in [0.15, 0.2) is 0 Å². The minimum atomic E-state index is -0.758. The summed E-state index contributed by atoms with van der Waals surface area (Å²) < 4.78 is 9.66. The van der Waals surface area contributed by atoms with E-state index in [4.69, 9.17) is 4.74 Å². The lowest BCUT2D eigenvalue weighted by Gasteiger charge is -2.24. The topological polar surface area (TPSA) is 64.6 Å². The Morgan fingerprint density at radius 2 is 1.62 bits per heavy atom. The van der Waals surface area contributed by atoms with Gasteiger partial charge in [-0.1, -0.05) is 0 Å². The first kappa shape index (κ1) is 14.7. The summed E-state index contributed by atoms with van der Waals surface area (Å²) in [6, 6.07) is 0. The predicted octanol–water partition coefficient (Wildman–Crippen LogP) is 1.71. The van der Waals surface area contributed by atoms with Gasteiger partial charge in [-0.05, 0) is 34.6 Å². The Morgan fingerprint density at radius 1 is 1.12 bits per heavy atom. The summed E-state index contributed by atoms with van der Waals surface area (Å²) in [7, 11) is 1.32. The van der Waals surface area contributed by atoms with E-state index in [-0.39, 0.29) is 12.5 Å². The number of rotatable bonds is 3. The molecular weight excluding hydrogens is 212 g/mol. The van der Waals surface area contributed by atoms with Gasteiger partial charge < -0.3 is 14.8 Å². The van der Waals surface area contributed by atoms with Crippen LogP contribution in [0.25, 0.3) is 0 Å². The van der Waals surface area contributed by atoms with Crippen molar-refractivity contribution < 1.29 is 19.1 Å². The fourth-order valence-corrected chi connectivity index (χ4v) is 0.956. The van der Waals surface area contributed by atoms with E-state index in [0.29, 0.717) is 0 Å². The van der Waals surface area contributed by atoms with Crippen molar-refractivity contribution in [1.82, 2.24) is 5.32 Å². The molecule has 1 N–H and O–H groups in total. The van der Waals surface area contributed by atoms with Crippen molar-refractivity contribution in [1.29, 1.82) is 0 Å². The van der Waals surface area contributed by atoms with Gasteiger partial charge in [0.05, 0.1) is 12.5 Å². The van der Waals surface area contributed by atoms with Crippen LogP contribution in [0.5, 0.6) is 0 Å². The molecule has 0 bridgehead atoms. The SMILES string of the molecule is COC(=O)C(C)(C)[13CH2][15NH]C(=O)OC(C)(C)C. The molecule has 0 fully saturated rings. The summed E-state index contributed by atoms with van der Waals surface area (Å²) >= 11 is 0. The third-order valence-corrected chi connectivity index (χ3v) is 1.81. The van der Waals surface area contributed by atoms with Crippen LogP contribution in [-0.4, -0.2) is 31.3 Å². The van der Waals surface area contributed by atoms with E-state index in [9.17, 15) is 9.59 Å². The second-order valence-electron chi connectivity index (χ2n) is 5.23. The number of amides is 1. The minimum Gasteiger partial charge on any atom is -0.469 e. The van der Waals surface area contributed by atoms with Crippen molar-refractivity contribution in [2.45, 2.75) is 40.2 Å². The Labute approximate surface area is 96.5 Å². The third kappa shape index (κ3) is 5.58. The molecule has 0 aromatic rings. The van der Waals surface area contributed by atoms with E-state index in [1.807, 2.05) is 0 Å². The molecule has 0 unspecified atom stereocenters. The second-order valence-corrected chi connectivity index (χ2v) is 5.23. The molecule has 0 aromatic heterocycles. The number of alkyl carbamates (subject to hydrolysis) is 1. The molecule has 1 amide bonds. The van der Waals surface area contributed by atoms with Crippen LogP contribution in [0, 0.1) is 5.41 Å². The average molecular weight is 233 g/mol. The highest BCUT2D eigenvalue weighted by Crippen LogP contribution is 2.15. The predicted molar refractivity (Wildman–Crippen MR) is 60.0 cm³/mol. The Hall–Kier alpha value is -1.26. The molecule has 5 nitrogen and oxygen atoms in total. The summed E-state index contributed by atoms with van der Waals surface area (Å²) in [6.45, 7) is 8.88. The Bertz CT molecular complexity index is 266. The number of hydrogen-bond acceptors (Lipinski definition) is 4. The van der Waals surface area contributed by atoms with Gasteiger partial charge in [0.1, 0.15) is 5.60 Å². The van der Waals surface area contributed by atoms with E-state index >= 15 is 0 Å². The average Bonchev–Trinajstić information content (AvgIpc) is 2.11. The van der Waals surface area contributed by atoms with Crippen LogP contribution in [0.2, 0.25) is 0 Å². The van der Waals surface area contributed by atoms with Gasteiger partial charge in [-0.3, -0.25) is 4.79 Å². The summed E-state index contributed by atoms with van der Waals surface area (Å²) in [5.74, 6) is -0.372. The first-order valence-corrected chi connectivity index (χ1v) is 5.14. The molecule has 0 heterocycles. The lowest BCUT2D eigenvalue weighted by atomic mass is 10.0. The molecule has 0 atom stereocenters. The maximum Gasteiger partial charge on any atom is 0.407 e. The molecule has 0 radical (unpaired) electrons. The molecule has 16 heavy (non-hydrogen) atoms. The zero-order valence-corrected chi connectivity index (χ0v) is 10.8. The van der Waals surface area contributed by atoms with Crippen LogP contribution >= 0.6 is 0 Å². The second kappa shape index (κ2) is 5.18. The normalized spacial score (nSPS) is 11.9. The van der Waals surface area contributed by atoms with Crippen LogP contribution in [0.1, 0.15) is 34.6 Å². The minimum absolute atomic E-state index is 0.175. The van der Waals surface area contributed by atoms with Crippen LogP contribution in [0.4, 0.5) is 4.79 Å². The Balaban J connectivity index is 4.15. The van der Waals surface area contributed by atoms with Gasteiger partial charge in [0.2, 0.25) is 0 Å². The van der Waals surface area contributed by atoms with Gasteiger partial charge >= 0.3 is 12.1 Å². The van der Waals surface area contributed by atoms with Crippen molar-refractivity contribution in [3.63, 3.8) is 0 Å². The zero-order chi connectivity index (χ0) is 13.0. The number of esters is 1. The van der Waals surface area contributed by atoms with E-state index in [0.717, 1.165) is 0 Å². The maximum atomic E-state index is 11.3. The van der Waals surface area contributed by atoms with Gasteiger partial charge in [-0.25, -0.2) is 4.79 Å². The molecule has 0 aromatic carbocycles. The van der Waals surface area contributed by atoms with Crippen molar-refractivity contribution >= 4 is 12.1 Å². The maximum absolute atomic E-state index is 11.3. The van der Waals surface area contributed by atoms with Crippen molar-refractivity contribution in [2.24, 2.45) is 5.41 Å². The van der Waals surface area contributed by atoms with Gasteiger partial charge in [-0.2, -0.15) is 0 Å². The number of ether oxygens (including phenoxy) is 2. The van der Waals surface area contributed by atoms with Crippen LogP contribution in [-0.2, 0) is 14.3 Å². The van der Waals surface area contributed by atoms with Crippen molar-refractivity contribution in [3.8, 4) is 0 Å². The highest BCUT2D eigenvalue weighted by atomic mass is 16.6. The summed E-state index contributed by atoms with van der Waals surface area (Å²) in [4.78, 5) is 22.6. The number of hydrogen-bond donors (Lipinski definition) is 1. The smallest absolute Gasteiger partial charge is 0.407 e. The number of methoxy groups -OCH3 is 1. The Kier molecular flexibility index (Phi) is 4.78. The van der Waals surface area contributed by atoms with E-state index in [1.54, 1.807) is 34.6 Å². The van der Waals surface area contributed by atoms with Crippen LogP contribution in [0.15, 0.2) is 0 Å².